The molecule has 1 amide bonds. The second kappa shape index (κ2) is 6.51. The summed E-state index contributed by atoms with van der Waals surface area (Å²) in [5.74, 6) is -1.63. The van der Waals surface area contributed by atoms with Crippen LogP contribution in [0, 0.1) is 11.8 Å². The van der Waals surface area contributed by atoms with E-state index >= 15 is 0 Å². The third-order valence-corrected chi connectivity index (χ3v) is 3.94. The van der Waals surface area contributed by atoms with E-state index in [1.807, 2.05) is 0 Å². The number of rotatable bonds is 4. The lowest BCUT2D eigenvalue weighted by molar-refractivity contribution is -0.144. The summed E-state index contributed by atoms with van der Waals surface area (Å²) in [5.41, 5.74) is -0.135. The lowest BCUT2D eigenvalue weighted by Gasteiger charge is -2.28. The van der Waals surface area contributed by atoms with Gasteiger partial charge in [0.15, 0.2) is 0 Å². The minimum absolute atomic E-state index is 0.0484. The van der Waals surface area contributed by atoms with Crippen LogP contribution in [0.2, 0.25) is 0 Å². The van der Waals surface area contributed by atoms with Crippen LogP contribution in [0.4, 0.5) is 0 Å². The van der Waals surface area contributed by atoms with Crippen LogP contribution < -0.4 is 10.9 Å². The number of hydrogen-bond donors (Lipinski definition) is 2. The van der Waals surface area contributed by atoms with Gasteiger partial charge in [0.1, 0.15) is 5.69 Å². The van der Waals surface area contributed by atoms with E-state index in [0.717, 1.165) is 23.9 Å². The smallest absolute Gasteiger partial charge is 0.306 e. The van der Waals surface area contributed by atoms with Gasteiger partial charge in [-0.05, 0) is 24.8 Å². The van der Waals surface area contributed by atoms with Gasteiger partial charge in [0.25, 0.3) is 11.5 Å². The lowest BCUT2D eigenvalue weighted by atomic mass is 9.79. The molecule has 114 valence electrons. The molecule has 1 aromatic rings. The minimum atomic E-state index is -0.797. The number of nitrogens with zero attached hydrogens (tertiary/aromatic N) is 2. The number of carboxylic acids is 1. The molecular weight excluding hydrogens is 274 g/mol. The molecule has 7 heteroatoms. The number of amides is 1. The first-order chi connectivity index (χ1) is 9.99. The standard InChI is InChI=1S/C14H19N3O4/c1-17-12(18)7-6-11(16-17)13(19)15-8-9-4-2-3-5-10(9)14(20)21/h6-7,9-10H,2-5,8H2,1H3,(H,15,19)(H,20,21). The molecule has 2 atom stereocenters. The first-order valence-corrected chi connectivity index (χ1v) is 7.04. The van der Waals surface area contributed by atoms with Crippen molar-refractivity contribution in [3.63, 3.8) is 0 Å². The largest absolute Gasteiger partial charge is 0.481 e. The van der Waals surface area contributed by atoms with Gasteiger partial charge in [-0.15, -0.1) is 0 Å². The number of hydrogen-bond acceptors (Lipinski definition) is 4. The van der Waals surface area contributed by atoms with Gasteiger partial charge in [-0.3, -0.25) is 14.4 Å². The maximum absolute atomic E-state index is 12.0. The van der Waals surface area contributed by atoms with Crippen LogP contribution in [0.1, 0.15) is 36.2 Å². The molecule has 0 bridgehead atoms. The van der Waals surface area contributed by atoms with Crippen LogP contribution in [-0.4, -0.2) is 33.3 Å². The van der Waals surface area contributed by atoms with Gasteiger partial charge in [0.2, 0.25) is 0 Å². The fourth-order valence-electron chi connectivity index (χ4n) is 2.71. The molecule has 7 nitrogen and oxygen atoms in total. The molecule has 2 unspecified atom stereocenters. The number of carbonyl (C=O) groups is 2. The van der Waals surface area contributed by atoms with Gasteiger partial charge in [0.05, 0.1) is 5.92 Å². The molecule has 2 rings (SSSR count). The van der Waals surface area contributed by atoms with Crippen LogP contribution >= 0.6 is 0 Å². The van der Waals surface area contributed by atoms with Crippen molar-refractivity contribution in [3.8, 4) is 0 Å². The molecule has 1 fully saturated rings. The van der Waals surface area contributed by atoms with E-state index in [1.165, 1.54) is 19.2 Å². The number of aliphatic carboxylic acids is 1. The van der Waals surface area contributed by atoms with Crippen LogP contribution in [0.3, 0.4) is 0 Å². The summed E-state index contributed by atoms with van der Waals surface area (Å²) >= 11 is 0. The fraction of sp³-hybridized carbons (Fsp3) is 0.571. The number of carboxylic acid groups (broad SMARTS) is 1. The van der Waals surface area contributed by atoms with Crippen molar-refractivity contribution in [3.05, 3.63) is 28.2 Å². The van der Waals surface area contributed by atoms with Gasteiger partial charge in [-0.1, -0.05) is 12.8 Å². The molecule has 2 N–H and O–H groups in total. The van der Waals surface area contributed by atoms with E-state index in [-0.39, 0.29) is 23.1 Å². The Morgan fingerprint density at radius 2 is 2.10 bits per heavy atom. The van der Waals surface area contributed by atoms with Crippen molar-refractivity contribution in [2.75, 3.05) is 6.54 Å². The van der Waals surface area contributed by atoms with Gasteiger partial charge in [-0.2, -0.15) is 5.10 Å². The molecule has 0 aliphatic heterocycles. The summed E-state index contributed by atoms with van der Waals surface area (Å²) in [6, 6.07) is 2.65. The highest BCUT2D eigenvalue weighted by atomic mass is 16.4. The summed E-state index contributed by atoms with van der Waals surface area (Å²) in [7, 11) is 1.47. The number of nitrogens with one attached hydrogen (secondary N) is 1. The topological polar surface area (TPSA) is 101 Å². The minimum Gasteiger partial charge on any atom is -0.481 e. The molecule has 21 heavy (non-hydrogen) atoms. The monoisotopic (exact) mass is 293 g/mol. The number of carbonyl (C=O) groups excluding carboxylic acids is 1. The molecule has 0 radical (unpaired) electrons. The highest BCUT2D eigenvalue weighted by molar-refractivity contribution is 5.92. The van der Waals surface area contributed by atoms with Crippen LogP contribution in [0.15, 0.2) is 16.9 Å². The van der Waals surface area contributed by atoms with E-state index in [9.17, 15) is 19.5 Å². The second-order valence-corrected chi connectivity index (χ2v) is 5.38. The quantitative estimate of drug-likeness (QED) is 0.836. The van der Waals surface area contributed by atoms with E-state index in [4.69, 9.17) is 0 Å². The Labute approximate surface area is 122 Å². The second-order valence-electron chi connectivity index (χ2n) is 5.38. The first kappa shape index (κ1) is 15.2. The van der Waals surface area contributed by atoms with Crippen molar-refractivity contribution < 1.29 is 14.7 Å². The maximum atomic E-state index is 12.0. The molecule has 1 heterocycles. The molecule has 0 aromatic carbocycles. The Kier molecular flexibility index (Phi) is 4.72. The van der Waals surface area contributed by atoms with Gasteiger partial charge < -0.3 is 10.4 Å². The zero-order valence-corrected chi connectivity index (χ0v) is 11.9. The zero-order valence-electron chi connectivity index (χ0n) is 11.9. The lowest BCUT2D eigenvalue weighted by Crippen LogP contribution is -2.38. The van der Waals surface area contributed by atoms with Crippen LogP contribution in [-0.2, 0) is 11.8 Å². The van der Waals surface area contributed by atoms with Crippen LogP contribution in [0.25, 0.3) is 0 Å². The van der Waals surface area contributed by atoms with E-state index in [2.05, 4.69) is 10.4 Å². The normalized spacial score (nSPS) is 21.8. The van der Waals surface area contributed by atoms with E-state index in [1.54, 1.807) is 0 Å². The molecule has 1 saturated carbocycles. The summed E-state index contributed by atoms with van der Waals surface area (Å²) < 4.78 is 1.09. The Morgan fingerprint density at radius 3 is 2.76 bits per heavy atom. The average Bonchev–Trinajstić information content (AvgIpc) is 2.47. The van der Waals surface area contributed by atoms with Crippen molar-refractivity contribution in [1.29, 1.82) is 0 Å². The summed E-state index contributed by atoms with van der Waals surface area (Å²) in [5, 5.41) is 15.8. The van der Waals surface area contributed by atoms with Crippen molar-refractivity contribution in [2.24, 2.45) is 18.9 Å². The summed E-state index contributed by atoms with van der Waals surface area (Å²) in [6.07, 6.45) is 3.37. The predicted molar refractivity (Wildman–Crippen MR) is 74.9 cm³/mol. The predicted octanol–water partition coefficient (Wildman–Crippen LogP) is 0.401. The zero-order chi connectivity index (χ0) is 15.4. The fourth-order valence-corrected chi connectivity index (χ4v) is 2.71. The highest BCUT2D eigenvalue weighted by Gasteiger charge is 2.30. The Balaban J connectivity index is 1.98. The molecular formula is C14H19N3O4. The maximum Gasteiger partial charge on any atom is 0.306 e. The van der Waals surface area contributed by atoms with Gasteiger partial charge in [0, 0.05) is 19.7 Å². The third-order valence-electron chi connectivity index (χ3n) is 3.94. The first-order valence-electron chi connectivity index (χ1n) is 7.04. The molecule has 1 aliphatic rings. The highest BCUT2D eigenvalue weighted by Crippen LogP contribution is 2.29. The molecule has 0 spiro atoms. The summed E-state index contributed by atoms with van der Waals surface area (Å²) in [4.78, 5) is 34.4. The van der Waals surface area contributed by atoms with E-state index in [0.29, 0.717) is 13.0 Å². The van der Waals surface area contributed by atoms with Crippen LogP contribution in [0.5, 0.6) is 0 Å². The molecule has 1 aromatic heterocycles. The van der Waals surface area contributed by atoms with Crippen molar-refractivity contribution >= 4 is 11.9 Å². The number of aromatic nitrogens is 2. The van der Waals surface area contributed by atoms with Crippen molar-refractivity contribution in [1.82, 2.24) is 15.1 Å². The molecule has 1 aliphatic carbocycles. The SMILES string of the molecule is Cn1nc(C(=O)NCC2CCCCC2C(=O)O)ccc1=O. The van der Waals surface area contributed by atoms with Gasteiger partial charge in [-0.25, -0.2) is 4.68 Å². The number of aryl methyl sites for hydroxylation is 1. The summed E-state index contributed by atoms with van der Waals surface area (Å²) in [6.45, 7) is 0.320. The Bertz CT molecular complexity index is 596. The van der Waals surface area contributed by atoms with Gasteiger partial charge >= 0.3 is 5.97 Å². The Hall–Kier alpha value is -2.18. The van der Waals surface area contributed by atoms with E-state index < -0.39 is 11.9 Å². The third kappa shape index (κ3) is 3.68. The average molecular weight is 293 g/mol. The molecule has 0 saturated heterocycles. The Morgan fingerprint density at radius 1 is 1.38 bits per heavy atom. The van der Waals surface area contributed by atoms with Crippen molar-refractivity contribution in [2.45, 2.75) is 25.7 Å².